The number of nitrogens with one attached hydrogen (secondary N) is 1. The predicted octanol–water partition coefficient (Wildman–Crippen LogP) is 3.44. The van der Waals surface area contributed by atoms with Crippen molar-refractivity contribution in [2.45, 2.75) is 56.6 Å². The summed E-state index contributed by atoms with van der Waals surface area (Å²) in [6, 6.07) is 10.6. The Hall–Kier alpha value is -1.92. The van der Waals surface area contributed by atoms with Crippen LogP contribution in [0.1, 0.15) is 43.7 Å². The van der Waals surface area contributed by atoms with E-state index in [1.54, 1.807) is 24.4 Å². The highest BCUT2D eigenvalue weighted by Gasteiger charge is 2.20. The average Bonchev–Trinajstić information content (AvgIpc) is 3.14. The molecule has 1 N–H and O–H groups in total. The number of ether oxygens (including phenoxy) is 1. The molecule has 3 rings (SSSR count). The molecular formula is C19H24N2O3S. The monoisotopic (exact) mass is 360 g/mol. The third-order valence-electron chi connectivity index (χ3n) is 4.53. The molecule has 1 aromatic carbocycles. The van der Waals surface area contributed by atoms with Crippen molar-refractivity contribution in [1.82, 2.24) is 9.71 Å². The van der Waals surface area contributed by atoms with E-state index >= 15 is 0 Å². The molecule has 0 bridgehead atoms. The summed E-state index contributed by atoms with van der Waals surface area (Å²) >= 11 is 0. The Kier molecular flexibility index (Phi) is 5.71. The fraction of sp³-hybridized carbons (Fsp3) is 0.421. The zero-order valence-corrected chi connectivity index (χ0v) is 15.3. The summed E-state index contributed by atoms with van der Waals surface area (Å²) in [5.41, 5.74) is 1.86. The van der Waals surface area contributed by atoms with Crippen molar-refractivity contribution < 1.29 is 13.2 Å². The molecule has 1 heterocycles. The quantitative estimate of drug-likeness (QED) is 0.821. The molecule has 1 aliphatic rings. The van der Waals surface area contributed by atoms with E-state index in [-0.39, 0.29) is 17.5 Å². The van der Waals surface area contributed by atoms with Gasteiger partial charge in [-0.15, -0.1) is 0 Å². The normalized spacial score (nSPS) is 15.4. The van der Waals surface area contributed by atoms with Gasteiger partial charge in [0.1, 0.15) is 6.10 Å². The van der Waals surface area contributed by atoms with Gasteiger partial charge in [0.2, 0.25) is 15.9 Å². The van der Waals surface area contributed by atoms with Gasteiger partial charge in [-0.25, -0.2) is 18.1 Å². The first-order valence-corrected chi connectivity index (χ1v) is 10.3. The standard InChI is InChI=1S/C19H24N2O3S/c1-2-15-9-11-18(12-10-15)25(22,23)21-14-16-6-5-13-20-19(16)24-17-7-3-4-8-17/h5-6,9-13,17,21H,2-4,7-8,14H2,1H3. The van der Waals surface area contributed by atoms with Crippen LogP contribution in [0.5, 0.6) is 5.88 Å². The minimum atomic E-state index is -3.56. The fourth-order valence-corrected chi connectivity index (χ4v) is 4.00. The number of nitrogens with zero attached hydrogens (tertiary/aromatic N) is 1. The second kappa shape index (κ2) is 7.97. The van der Waals surface area contributed by atoms with Gasteiger partial charge in [0, 0.05) is 18.3 Å². The van der Waals surface area contributed by atoms with Crippen molar-refractivity contribution in [3.63, 3.8) is 0 Å². The van der Waals surface area contributed by atoms with E-state index in [1.807, 2.05) is 25.1 Å². The van der Waals surface area contributed by atoms with Crippen LogP contribution in [0.4, 0.5) is 0 Å². The van der Waals surface area contributed by atoms with E-state index in [0.717, 1.165) is 30.4 Å². The van der Waals surface area contributed by atoms with Crippen LogP contribution in [0.2, 0.25) is 0 Å². The number of aromatic nitrogens is 1. The van der Waals surface area contributed by atoms with Crippen molar-refractivity contribution in [3.8, 4) is 5.88 Å². The Morgan fingerprint density at radius 1 is 1.16 bits per heavy atom. The lowest BCUT2D eigenvalue weighted by Crippen LogP contribution is -2.24. The molecule has 0 amide bonds. The fourth-order valence-electron chi connectivity index (χ4n) is 2.99. The lowest BCUT2D eigenvalue weighted by molar-refractivity contribution is 0.199. The molecule has 1 fully saturated rings. The van der Waals surface area contributed by atoms with E-state index in [0.29, 0.717) is 5.88 Å². The Morgan fingerprint density at radius 2 is 1.88 bits per heavy atom. The summed E-state index contributed by atoms with van der Waals surface area (Å²) in [4.78, 5) is 4.55. The maximum Gasteiger partial charge on any atom is 0.240 e. The lowest BCUT2D eigenvalue weighted by Gasteiger charge is -2.15. The molecule has 25 heavy (non-hydrogen) atoms. The van der Waals surface area contributed by atoms with Crippen LogP contribution in [0, 0.1) is 0 Å². The minimum absolute atomic E-state index is 0.160. The third kappa shape index (κ3) is 4.58. The first kappa shape index (κ1) is 17.9. The topological polar surface area (TPSA) is 68.3 Å². The molecule has 0 saturated heterocycles. The zero-order valence-electron chi connectivity index (χ0n) is 14.4. The maximum atomic E-state index is 12.5. The van der Waals surface area contributed by atoms with Gasteiger partial charge in [0.25, 0.3) is 0 Å². The first-order chi connectivity index (χ1) is 12.1. The second-order valence-electron chi connectivity index (χ2n) is 6.31. The van der Waals surface area contributed by atoms with Crippen molar-refractivity contribution in [1.29, 1.82) is 0 Å². The summed E-state index contributed by atoms with van der Waals surface area (Å²) < 4.78 is 33.6. The van der Waals surface area contributed by atoms with E-state index < -0.39 is 10.0 Å². The molecule has 0 radical (unpaired) electrons. The van der Waals surface area contributed by atoms with Gasteiger partial charge >= 0.3 is 0 Å². The van der Waals surface area contributed by atoms with Crippen LogP contribution in [0.3, 0.4) is 0 Å². The molecule has 2 aromatic rings. The highest BCUT2D eigenvalue weighted by Crippen LogP contribution is 2.25. The average molecular weight is 360 g/mol. The number of hydrogen-bond donors (Lipinski definition) is 1. The second-order valence-corrected chi connectivity index (χ2v) is 8.08. The summed E-state index contributed by atoms with van der Waals surface area (Å²) in [6.07, 6.45) is 7.15. The molecule has 6 heteroatoms. The van der Waals surface area contributed by atoms with Crippen LogP contribution >= 0.6 is 0 Å². The van der Waals surface area contributed by atoms with Gasteiger partial charge in [0.15, 0.2) is 0 Å². The molecule has 5 nitrogen and oxygen atoms in total. The van der Waals surface area contributed by atoms with Crippen molar-refractivity contribution >= 4 is 10.0 Å². The Morgan fingerprint density at radius 3 is 2.56 bits per heavy atom. The number of aryl methyl sites for hydroxylation is 1. The summed E-state index contributed by atoms with van der Waals surface area (Å²) in [5, 5.41) is 0. The number of hydrogen-bond acceptors (Lipinski definition) is 4. The van der Waals surface area contributed by atoms with Gasteiger partial charge < -0.3 is 4.74 Å². The molecule has 0 unspecified atom stereocenters. The highest BCUT2D eigenvalue weighted by atomic mass is 32.2. The Bertz CT molecular complexity index is 798. The predicted molar refractivity (Wildman–Crippen MR) is 97.0 cm³/mol. The minimum Gasteiger partial charge on any atom is -0.474 e. The van der Waals surface area contributed by atoms with Crippen LogP contribution in [0.25, 0.3) is 0 Å². The Balaban J connectivity index is 1.69. The van der Waals surface area contributed by atoms with Crippen molar-refractivity contribution in [2.24, 2.45) is 0 Å². The zero-order chi connectivity index (χ0) is 17.7. The third-order valence-corrected chi connectivity index (χ3v) is 5.94. The molecule has 0 aliphatic heterocycles. The molecule has 0 atom stereocenters. The number of benzene rings is 1. The summed E-state index contributed by atoms with van der Waals surface area (Å²) in [6.45, 7) is 2.20. The number of pyridine rings is 1. The van der Waals surface area contributed by atoms with Gasteiger partial charge in [-0.1, -0.05) is 25.1 Å². The summed E-state index contributed by atoms with van der Waals surface area (Å²) in [5.74, 6) is 0.526. The summed E-state index contributed by atoms with van der Waals surface area (Å²) in [7, 11) is -3.56. The molecule has 0 spiro atoms. The van der Waals surface area contributed by atoms with Gasteiger partial charge in [-0.2, -0.15) is 0 Å². The van der Waals surface area contributed by atoms with Crippen molar-refractivity contribution in [2.75, 3.05) is 0 Å². The molecular weight excluding hydrogens is 336 g/mol. The molecule has 1 saturated carbocycles. The Labute approximate surface area is 149 Å². The molecule has 1 aliphatic carbocycles. The number of sulfonamides is 1. The van der Waals surface area contributed by atoms with Crippen LogP contribution < -0.4 is 9.46 Å². The van der Waals surface area contributed by atoms with Gasteiger partial charge in [-0.3, -0.25) is 0 Å². The first-order valence-electron chi connectivity index (χ1n) is 8.77. The van der Waals surface area contributed by atoms with Crippen LogP contribution in [0.15, 0.2) is 47.5 Å². The highest BCUT2D eigenvalue weighted by molar-refractivity contribution is 7.89. The smallest absolute Gasteiger partial charge is 0.240 e. The van der Waals surface area contributed by atoms with Gasteiger partial charge in [-0.05, 0) is 55.9 Å². The largest absolute Gasteiger partial charge is 0.474 e. The molecule has 134 valence electrons. The maximum absolute atomic E-state index is 12.5. The van der Waals surface area contributed by atoms with E-state index in [9.17, 15) is 8.42 Å². The molecule has 1 aromatic heterocycles. The van der Waals surface area contributed by atoms with Crippen molar-refractivity contribution in [3.05, 3.63) is 53.7 Å². The van der Waals surface area contributed by atoms with Crippen LogP contribution in [-0.4, -0.2) is 19.5 Å². The SMILES string of the molecule is CCc1ccc(S(=O)(=O)NCc2cccnc2OC2CCCC2)cc1. The number of rotatable bonds is 7. The van der Waals surface area contributed by atoms with E-state index in [2.05, 4.69) is 9.71 Å². The lowest BCUT2D eigenvalue weighted by atomic mass is 10.2. The van der Waals surface area contributed by atoms with E-state index in [4.69, 9.17) is 4.74 Å². The van der Waals surface area contributed by atoms with Gasteiger partial charge in [0.05, 0.1) is 4.90 Å². The van der Waals surface area contributed by atoms with E-state index in [1.165, 1.54) is 12.8 Å². The van der Waals surface area contributed by atoms with Crippen LogP contribution in [-0.2, 0) is 23.0 Å².